The topological polar surface area (TPSA) is 52.6 Å². The van der Waals surface area contributed by atoms with E-state index >= 15 is 0 Å². The second-order valence-corrected chi connectivity index (χ2v) is 8.83. The molecular formula is C21H30O4. The summed E-state index contributed by atoms with van der Waals surface area (Å²) in [5, 5.41) is 0. The van der Waals surface area contributed by atoms with Crippen LogP contribution in [0.2, 0.25) is 0 Å². The number of esters is 2. The van der Waals surface area contributed by atoms with Crippen molar-refractivity contribution in [1.29, 1.82) is 0 Å². The lowest BCUT2D eigenvalue weighted by Gasteiger charge is -2.66. The van der Waals surface area contributed by atoms with Crippen molar-refractivity contribution in [3.05, 3.63) is 24.3 Å². The van der Waals surface area contributed by atoms with Crippen LogP contribution in [0.4, 0.5) is 0 Å². The molecule has 0 aromatic carbocycles. The molecule has 4 heteroatoms. The Bertz CT molecular complexity index is 618. The predicted octanol–water partition coefficient (Wildman–Crippen LogP) is 4.20. The molecule has 4 nitrogen and oxygen atoms in total. The highest BCUT2D eigenvalue weighted by molar-refractivity contribution is 5.88. The lowest BCUT2D eigenvalue weighted by molar-refractivity contribution is -0.294. The molecule has 4 bridgehead atoms. The van der Waals surface area contributed by atoms with Gasteiger partial charge in [0, 0.05) is 17.1 Å². The van der Waals surface area contributed by atoms with E-state index in [1.165, 1.54) is 6.42 Å². The molecule has 25 heavy (non-hydrogen) atoms. The summed E-state index contributed by atoms with van der Waals surface area (Å²) in [7, 11) is 0. The van der Waals surface area contributed by atoms with Crippen molar-refractivity contribution in [2.45, 2.75) is 71.0 Å². The maximum absolute atomic E-state index is 12.5. The molecule has 0 aromatic rings. The van der Waals surface area contributed by atoms with E-state index in [9.17, 15) is 9.59 Å². The molecule has 138 valence electrons. The minimum absolute atomic E-state index is 0.0544. The third-order valence-electron chi connectivity index (χ3n) is 6.56. The molecule has 0 amide bonds. The molecule has 4 aliphatic rings. The van der Waals surface area contributed by atoms with E-state index in [0.717, 1.165) is 25.7 Å². The minimum Gasteiger partial charge on any atom is -0.451 e. The minimum atomic E-state index is -0.776. The van der Waals surface area contributed by atoms with E-state index in [1.807, 2.05) is 0 Å². The highest BCUT2D eigenvalue weighted by Crippen LogP contribution is 2.65. The van der Waals surface area contributed by atoms with Gasteiger partial charge in [-0.05, 0) is 63.7 Å². The molecule has 4 aliphatic carbocycles. The van der Waals surface area contributed by atoms with Crippen LogP contribution in [0.15, 0.2) is 24.3 Å². The quantitative estimate of drug-likeness (QED) is 0.553. The van der Waals surface area contributed by atoms with E-state index in [4.69, 9.17) is 9.47 Å². The van der Waals surface area contributed by atoms with Gasteiger partial charge in [0.1, 0.15) is 0 Å². The van der Waals surface area contributed by atoms with E-state index in [0.29, 0.717) is 23.0 Å². The Balaban J connectivity index is 2.08. The maximum Gasteiger partial charge on any atom is 0.333 e. The highest BCUT2D eigenvalue weighted by Gasteiger charge is 2.71. The van der Waals surface area contributed by atoms with Crippen LogP contribution >= 0.6 is 0 Å². The fourth-order valence-corrected chi connectivity index (χ4v) is 5.92. The number of hydrogen-bond donors (Lipinski definition) is 0. The summed E-state index contributed by atoms with van der Waals surface area (Å²) in [5.41, 5.74) is -0.742. The van der Waals surface area contributed by atoms with Gasteiger partial charge in [-0.2, -0.15) is 0 Å². The van der Waals surface area contributed by atoms with Crippen molar-refractivity contribution in [2.24, 2.45) is 23.7 Å². The second-order valence-electron chi connectivity index (χ2n) is 8.83. The molecule has 4 fully saturated rings. The van der Waals surface area contributed by atoms with Gasteiger partial charge in [-0.3, -0.25) is 0 Å². The molecule has 4 rings (SSSR count). The normalized spacial score (nSPS) is 38.5. The highest BCUT2D eigenvalue weighted by atomic mass is 16.6. The summed E-state index contributed by atoms with van der Waals surface area (Å²) >= 11 is 0. The first kappa shape index (κ1) is 18.2. The standard InChI is InChI=1S/C21H30O4/c1-12(2)18(22)24-20-10-15-7-16(11-20)9-17(8-15)21(20,14(5)6)25-19(23)13(3)4/h14-17H,1,3,7-11H2,2,4-6H3. The van der Waals surface area contributed by atoms with Crippen molar-refractivity contribution in [2.75, 3.05) is 0 Å². The van der Waals surface area contributed by atoms with Gasteiger partial charge in [-0.1, -0.05) is 27.0 Å². The van der Waals surface area contributed by atoms with Crippen LogP contribution in [-0.4, -0.2) is 23.1 Å². The first-order chi connectivity index (χ1) is 11.6. The lowest BCUT2D eigenvalue weighted by atomic mass is 9.45. The van der Waals surface area contributed by atoms with Crippen molar-refractivity contribution >= 4 is 11.9 Å². The third-order valence-corrected chi connectivity index (χ3v) is 6.56. The van der Waals surface area contributed by atoms with Crippen LogP contribution in [0.5, 0.6) is 0 Å². The lowest BCUT2D eigenvalue weighted by Crippen LogP contribution is -2.73. The molecule has 0 radical (unpaired) electrons. The Morgan fingerprint density at radius 3 is 1.84 bits per heavy atom. The zero-order valence-electron chi connectivity index (χ0n) is 15.9. The van der Waals surface area contributed by atoms with E-state index < -0.39 is 11.2 Å². The Kier molecular flexibility index (Phi) is 4.37. The molecular weight excluding hydrogens is 316 g/mol. The van der Waals surface area contributed by atoms with Crippen LogP contribution in [-0.2, 0) is 19.1 Å². The summed E-state index contributed by atoms with van der Waals surface area (Å²) in [6.45, 7) is 15.0. The van der Waals surface area contributed by atoms with E-state index in [-0.39, 0.29) is 23.8 Å². The molecule has 0 heterocycles. The summed E-state index contributed by atoms with van der Waals surface area (Å²) in [6.07, 6.45) is 4.85. The number of carbonyl (C=O) groups excluding carboxylic acids is 2. The molecule has 0 aromatic heterocycles. The largest absolute Gasteiger partial charge is 0.451 e. The number of hydrogen-bond acceptors (Lipinski definition) is 4. The van der Waals surface area contributed by atoms with Gasteiger partial charge in [-0.25, -0.2) is 9.59 Å². The Morgan fingerprint density at radius 1 is 0.920 bits per heavy atom. The first-order valence-corrected chi connectivity index (χ1v) is 9.39. The molecule has 0 N–H and O–H groups in total. The van der Waals surface area contributed by atoms with Gasteiger partial charge in [0.25, 0.3) is 0 Å². The summed E-state index contributed by atoms with van der Waals surface area (Å²) in [5.74, 6) is 0.626. The van der Waals surface area contributed by atoms with Crippen LogP contribution in [0.1, 0.15) is 59.8 Å². The molecule has 0 saturated heterocycles. The molecule has 0 aliphatic heterocycles. The first-order valence-electron chi connectivity index (χ1n) is 9.39. The number of carbonyl (C=O) groups is 2. The Morgan fingerprint density at radius 2 is 1.40 bits per heavy atom. The van der Waals surface area contributed by atoms with Gasteiger partial charge in [0.05, 0.1) is 0 Å². The van der Waals surface area contributed by atoms with Gasteiger partial charge < -0.3 is 9.47 Å². The Hall–Kier alpha value is -1.58. The van der Waals surface area contributed by atoms with Crippen LogP contribution in [0, 0.1) is 23.7 Å². The Labute approximate surface area is 150 Å². The predicted molar refractivity (Wildman–Crippen MR) is 95.7 cm³/mol. The SMILES string of the molecule is C=C(C)C(=O)OC12CC3CC(CC(C3)C1(OC(=O)C(=C)C)C(C)C)C2. The number of ether oxygens (including phenoxy) is 2. The fraction of sp³-hybridized carbons (Fsp3) is 0.714. The average Bonchev–Trinajstić information content (AvgIpc) is 2.49. The van der Waals surface area contributed by atoms with Crippen LogP contribution < -0.4 is 0 Å². The van der Waals surface area contributed by atoms with Crippen molar-refractivity contribution < 1.29 is 19.1 Å². The summed E-state index contributed by atoms with van der Waals surface area (Å²) in [4.78, 5) is 25.0. The summed E-state index contributed by atoms with van der Waals surface area (Å²) < 4.78 is 12.3. The van der Waals surface area contributed by atoms with E-state index in [2.05, 4.69) is 27.0 Å². The van der Waals surface area contributed by atoms with Gasteiger partial charge in [0.2, 0.25) is 0 Å². The van der Waals surface area contributed by atoms with Crippen molar-refractivity contribution in [3.63, 3.8) is 0 Å². The van der Waals surface area contributed by atoms with Crippen molar-refractivity contribution in [1.82, 2.24) is 0 Å². The van der Waals surface area contributed by atoms with Crippen molar-refractivity contribution in [3.8, 4) is 0 Å². The van der Waals surface area contributed by atoms with Gasteiger partial charge in [0.15, 0.2) is 11.2 Å². The van der Waals surface area contributed by atoms with Gasteiger partial charge in [-0.15, -0.1) is 0 Å². The fourth-order valence-electron chi connectivity index (χ4n) is 5.92. The zero-order chi connectivity index (χ0) is 18.6. The van der Waals surface area contributed by atoms with Crippen LogP contribution in [0.25, 0.3) is 0 Å². The maximum atomic E-state index is 12.5. The smallest absolute Gasteiger partial charge is 0.333 e. The molecule has 0 spiro atoms. The molecule has 3 atom stereocenters. The number of rotatable bonds is 5. The second kappa shape index (κ2) is 6.00. The summed E-state index contributed by atoms with van der Waals surface area (Å²) in [6, 6.07) is 0. The van der Waals surface area contributed by atoms with Gasteiger partial charge >= 0.3 is 11.9 Å². The zero-order valence-corrected chi connectivity index (χ0v) is 15.9. The van der Waals surface area contributed by atoms with Crippen LogP contribution in [0.3, 0.4) is 0 Å². The monoisotopic (exact) mass is 346 g/mol. The molecule has 4 saturated carbocycles. The average molecular weight is 346 g/mol. The van der Waals surface area contributed by atoms with E-state index in [1.54, 1.807) is 13.8 Å². The molecule has 3 unspecified atom stereocenters. The third kappa shape index (κ3) is 2.65.